The predicted octanol–water partition coefficient (Wildman–Crippen LogP) is 5.72. The summed E-state index contributed by atoms with van der Waals surface area (Å²) in [5.41, 5.74) is 0.501. The molecule has 0 spiro atoms. The van der Waals surface area contributed by atoms with E-state index in [2.05, 4.69) is 20.8 Å². The summed E-state index contributed by atoms with van der Waals surface area (Å²) in [6, 6.07) is 8.96. The van der Waals surface area contributed by atoms with Gasteiger partial charge in [-0.25, -0.2) is 0 Å². The van der Waals surface area contributed by atoms with E-state index in [4.69, 9.17) is 0 Å². The molecule has 0 aliphatic heterocycles. The van der Waals surface area contributed by atoms with Crippen molar-refractivity contribution >= 4 is 30.1 Å². The molecule has 1 aromatic carbocycles. The quantitative estimate of drug-likeness (QED) is 0.212. The summed E-state index contributed by atoms with van der Waals surface area (Å²) in [7, 11) is 1.85. The van der Waals surface area contributed by atoms with E-state index in [1.54, 1.807) is 17.0 Å². The number of rotatable bonds is 13. The molecule has 0 aliphatic carbocycles. The van der Waals surface area contributed by atoms with Crippen molar-refractivity contribution in [3.8, 4) is 0 Å². The molecule has 3 nitrogen and oxygen atoms in total. The molecule has 1 amide bonds. The van der Waals surface area contributed by atoms with Gasteiger partial charge in [0.25, 0.3) is 0 Å². The van der Waals surface area contributed by atoms with Gasteiger partial charge in [0.1, 0.15) is 0 Å². The van der Waals surface area contributed by atoms with Gasteiger partial charge < -0.3 is 0 Å². The average molecular weight is 466 g/mol. The van der Waals surface area contributed by atoms with Crippen molar-refractivity contribution < 1.29 is 9.59 Å². The standard InChI is InChI=1S/C10H10NO2.3C4H9.Sn/c1-11(2)10(13)9(12)8-6-4-3-5-7-8;3*1-3-4-2;/h3-7H,1H2,2H3;3*1,3-4H2,2H3;. The Labute approximate surface area is 164 Å². The number of likely N-dealkylation sites (N-methyl/N-ethyl adjacent to an activating group) is 1. The minimum absolute atomic E-state index is 0.332. The van der Waals surface area contributed by atoms with Gasteiger partial charge in [0.2, 0.25) is 0 Å². The van der Waals surface area contributed by atoms with Crippen molar-refractivity contribution in [2.75, 3.05) is 11.6 Å². The molecule has 0 fully saturated rings. The van der Waals surface area contributed by atoms with Crippen LogP contribution in [0.4, 0.5) is 0 Å². The van der Waals surface area contributed by atoms with Gasteiger partial charge in [-0.05, 0) is 0 Å². The zero-order valence-corrected chi connectivity index (χ0v) is 20.1. The van der Waals surface area contributed by atoms with Gasteiger partial charge in [0.15, 0.2) is 0 Å². The van der Waals surface area contributed by atoms with E-state index in [1.165, 1.54) is 51.8 Å². The molecule has 0 heterocycles. The maximum atomic E-state index is 12.8. The second kappa shape index (κ2) is 12.5. The van der Waals surface area contributed by atoms with Gasteiger partial charge in [0, 0.05) is 0 Å². The molecule has 1 rings (SSSR count). The van der Waals surface area contributed by atoms with E-state index < -0.39 is 18.4 Å². The number of hydrogen-bond acceptors (Lipinski definition) is 2. The average Bonchev–Trinajstić information content (AvgIpc) is 2.68. The third kappa shape index (κ3) is 7.42. The van der Waals surface area contributed by atoms with Crippen molar-refractivity contribution in [2.45, 2.75) is 72.6 Å². The van der Waals surface area contributed by atoms with Gasteiger partial charge in [-0.15, -0.1) is 0 Å². The van der Waals surface area contributed by atoms with Crippen LogP contribution in [-0.2, 0) is 4.79 Å². The first kappa shape index (κ1) is 23.2. The molecule has 0 N–H and O–H groups in total. The third-order valence-corrected chi connectivity index (χ3v) is 20.7. The molecule has 0 aromatic heterocycles. The van der Waals surface area contributed by atoms with Crippen molar-refractivity contribution in [1.82, 2.24) is 4.90 Å². The second-order valence-corrected chi connectivity index (χ2v) is 21.4. The molecule has 1 aromatic rings. The number of nitrogens with zero attached hydrogens (tertiary/aromatic N) is 1. The fourth-order valence-corrected chi connectivity index (χ4v) is 20.0. The fraction of sp³-hybridized carbons (Fsp3) is 0.636. The molecule has 0 unspecified atom stereocenters. The van der Waals surface area contributed by atoms with Gasteiger partial charge in [-0.3, -0.25) is 0 Å². The normalized spacial score (nSPS) is 11.4. The number of unbranched alkanes of at least 4 members (excludes halogenated alkanes) is 3. The van der Waals surface area contributed by atoms with E-state index in [-0.39, 0.29) is 11.7 Å². The van der Waals surface area contributed by atoms with Crippen LogP contribution in [0.3, 0.4) is 0 Å². The molecular weight excluding hydrogens is 429 g/mol. The van der Waals surface area contributed by atoms with Gasteiger partial charge in [-0.1, -0.05) is 0 Å². The van der Waals surface area contributed by atoms with Crippen molar-refractivity contribution in [2.24, 2.45) is 0 Å². The topological polar surface area (TPSA) is 37.4 Å². The number of Topliss-reactive ketones (excluding diaryl/α,β-unsaturated/α-hetero) is 1. The SMILES string of the molecule is CCC[CH2][Sn]([CH2]CCC)([CH2]CCC)[CH2]N(C)C(=O)C(=O)c1ccccc1. The molecular formula is C22H37NO2Sn. The van der Waals surface area contributed by atoms with Crippen LogP contribution in [0, 0.1) is 0 Å². The Kier molecular flexibility index (Phi) is 11.2. The van der Waals surface area contributed by atoms with Crippen LogP contribution in [0.15, 0.2) is 30.3 Å². The second-order valence-electron chi connectivity index (χ2n) is 7.67. The Hall–Kier alpha value is -0.841. The van der Waals surface area contributed by atoms with E-state index in [1.807, 2.05) is 25.2 Å². The molecule has 0 bridgehead atoms. The predicted molar refractivity (Wildman–Crippen MR) is 113 cm³/mol. The molecule has 0 aliphatic rings. The van der Waals surface area contributed by atoms with Gasteiger partial charge in [-0.2, -0.15) is 0 Å². The third-order valence-electron chi connectivity index (χ3n) is 5.33. The number of hydrogen-bond donors (Lipinski definition) is 0. The molecule has 0 saturated carbocycles. The van der Waals surface area contributed by atoms with Crippen molar-refractivity contribution in [3.05, 3.63) is 35.9 Å². The Morgan fingerprint density at radius 2 is 1.31 bits per heavy atom. The van der Waals surface area contributed by atoms with Crippen LogP contribution in [0.5, 0.6) is 0 Å². The summed E-state index contributed by atoms with van der Waals surface area (Å²) in [4.78, 5) is 27.1. The van der Waals surface area contributed by atoms with E-state index in [0.717, 1.165) is 4.56 Å². The van der Waals surface area contributed by atoms with Crippen LogP contribution in [0.25, 0.3) is 0 Å². The summed E-state index contributed by atoms with van der Waals surface area (Å²) in [5, 5.41) is 0. The first-order chi connectivity index (χ1) is 12.5. The monoisotopic (exact) mass is 467 g/mol. The Bertz CT molecular complexity index is 523. The van der Waals surface area contributed by atoms with Crippen molar-refractivity contribution in [1.29, 1.82) is 0 Å². The number of carbonyl (C=O) groups excluding carboxylic acids is 2. The van der Waals surface area contributed by atoms with Crippen LogP contribution in [-0.4, -0.2) is 46.6 Å². The molecule has 146 valence electrons. The van der Waals surface area contributed by atoms with Crippen LogP contribution >= 0.6 is 0 Å². The van der Waals surface area contributed by atoms with E-state index in [9.17, 15) is 9.59 Å². The molecule has 26 heavy (non-hydrogen) atoms. The molecule has 0 radical (unpaired) electrons. The minimum atomic E-state index is -2.46. The van der Waals surface area contributed by atoms with Crippen LogP contribution in [0.1, 0.15) is 69.7 Å². The maximum absolute atomic E-state index is 12.8. The first-order valence-corrected chi connectivity index (χ1v) is 18.4. The first-order valence-electron chi connectivity index (χ1n) is 10.3. The van der Waals surface area contributed by atoms with E-state index in [0.29, 0.717) is 5.56 Å². The summed E-state index contributed by atoms with van der Waals surface area (Å²) < 4.78 is 4.94. The summed E-state index contributed by atoms with van der Waals surface area (Å²) in [5.74, 6) is -0.698. The number of benzene rings is 1. The summed E-state index contributed by atoms with van der Waals surface area (Å²) >= 11 is -2.46. The fourth-order valence-electron chi connectivity index (χ4n) is 3.73. The zero-order chi connectivity index (χ0) is 19.4. The number of ketones is 1. The molecule has 0 saturated heterocycles. The summed E-state index contributed by atoms with van der Waals surface area (Å²) in [6.07, 6.45) is 7.49. The number of amides is 1. The van der Waals surface area contributed by atoms with Crippen LogP contribution < -0.4 is 0 Å². The Morgan fingerprint density at radius 3 is 1.73 bits per heavy atom. The zero-order valence-electron chi connectivity index (χ0n) is 17.2. The van der Waals surface area contributed by atoms with Gasteiger partial charge in [0.05, 0.1) is 0 Å². The van der Waals surface area contributed by atoms with Gasteiger partial charge >= 0.3 is 165 Å². The molecule has 0 atom stereocenters. The molecule has 4 heteroatoms. The Balaban J connectivity index is 2.91. The Morgan fingerprint density at radius 1 is 0.846 bits per heavy atom. The van der Waals surface area contributed by atoms with E-state index >= 15 is 0 Å². The summed E-state index contributed by atoms with van der Waals surface area (Å²) in [6.45, 7) is 6.76. The van der Waals surface area contributed by atoms with Crippen LogP contribution in [0.2, 0.25) is 13.3 Å². The number of carbonyl (C=O) groups is 2. The van der Waals surface area contributed by atoms with Crippen molar-refractivity contribution in [3.63, 3.8) is 0 Å².